The molecule has 0 unspecified atom stereocenters. The number of amides is 2. The van der Waals surface area contributed by atoms with Crippen LogP contribution in [0.1, 0.15) is 45.7 Å². The molecule has 0 aromatic heterocycles. The number of nitrogens with one attached hydrogen (secondary N) is 2. The van der Waals surface area contributed by atoms with Crippen LogP contribution in [0, 0.1) is 12.8 Å². The highest BCUT2D eigenvalue weighted by atomic mass is 16.2. The smallest absolute Gasteiger partial charge is 0.271 e. The minimum Gasteiger partial charge on any atom is -0.322 e. The van der Waals surface area contributed by atoms with Crippen molar-refractivity contribution in [2.75, 3.05) is 5.32 Å². The Hall–Kier alpha value is -3.73. The van der Waals surface area contributed by atoms with E-state index in [9.17, 15) is 9.59 Å². The second-order valence-corrected chi connectivity index (χ2v) is 7.31. The second kappa shape index (κ2) is 9.65. The van der Waals surface area contributed by atoms with Crippen LogP contribution in [0.2, 0.25) is 0 Å². The molecule has 0 bridgehead atoms. The average molecular weight is 399 g/mol. The van der Waals surface area contributed by atoms with Gasteiger partial charge in [0.1, 0.15) is 0 Å². The Morgan fingerprint density at radius 3 is 2.03 bits per heavy atom. The summed E-state index contributed by atoms with van der Waals surface area (Å²) in [4.78, 5) is 24.9. The van der Waals surface area contributed by atoms with Crippen LogP contribution in [0.5, 0.6) is 0 Å². The lowest BCUT2D eigenvalue weighted by molar-refractivity contribution is 0.0954. The zero-order valence-corrected chi connectivity index (χ0v) is 17.3. The monoisotopic (exact) mass is 399 g/mol. The molecule has 152 valence electrons. The molecule has 3 rings (SSSR count). The van der Waals surface area contributed by atoms with Crippen LogP contribution in [0.4, 0.5) is 5.69 Å². The summed E-state index contributed by atoms with van der Waals surface area (Å²) in [6.45, 7) is 5.96. The van der Waals surface area contributed by atoms with Gasteiger partial charge in [0.2, 0.25) is 0 Å². The molecular formula is C25H25N3O2. The largest absolute Gasteiger partial charge is 0.322 e. The van der Waals surface area contributed by atoms with E-state index in [1.165, 1.54) is 0 Å². The number of anilines is 1. The number of hydrazone groups is 1. The maximum Gasteiger partial charge on any atom is 0.271 e. The highest BCUT2D eigenvalue weighted by Gasteiger charge is 2.12. The minimum atomic E-state index is -0.305. The second-order valence-electron chi connectivity index (χ2n) is 7.31. The van der Waals surface area contributed by atoms with Crippen LogP contribution in [0.3, 0.4) is 0 Å². The Balaban J connectivity index is 1.67. The molecular weight excluding hydrogens is 374 g/mol. The van der Waals surface area contributed by atoms with Gasteiger partial charge in [0, 0.05) is 16.8 Å². The third-order valence-electron chi connectivity index (χ3n) is 4.69. The summed E-state index contributed by atoms with van der Waals surface area (Å²) >= 11 is 0. The van der Waals surface area contributed by atoms with Crippen molar-refractivity contribution in [3.63, 3.8) is 0 Å². The van der Waals surface area contributed by atoms with E-state index in [4.69, 9.17) is 0 Å². The number of benzene rings is 3. The maximum absolute atomic E-state index is 12.5. The summed E-state index contributed by atoms with van der Waals surface area (Å²) in [6, 6.07) is 23.9. The quantitative estimate of drug-likeness (QED) is 0.450. The Labute approximate surface area is 176 Å². The molecule has 0 saturated carbocycles. The summed E-state index contributed by atoms with van der Waals surface area (Å²) < 4.78 is 0. The van der Waals surface area contributed by atoms with E-state index in [-0.39, 0.29) is 17.7 Å². The highest BCUT2D eigenvalue weighted by Crippen LogP contribution is 2.14. The first-order chi connectivity index (χ1) is 14.5. The van der Waals surface area contributed by atoms with Crippen molar-refractivity contribution in [3.05, 3.63) is 101 Å². The minimum absolute atomic E-state index is 0.159. The first kappa shape index (κ1) is 21.0. The Morgan fingerprint density at radius 1 is 0.767 bits per heavy atom. The van der Waals surface area contributed by atoms with Crippen LogP contribution in [-0.2, 0) is 0 Å². The summed E-state index contributed by atoms with van der Waals surface area (Å²) in [5.74, 6) is -0.327. The molecule has 5 heteroatoms. The molecule has 2 amide bonds. The molecule has 0 saturated heterocycles. The van der Waals surface area contributed by atoms with E-state index in [0.717, 1.165) is 16.8 Å². The van der Waals surface area contributed by atoms with E-state index < -0.39 is 0 Å². The number of aryl methyl sites for hydroxylation is 1. The van der Waals surface area contributed by atoms with E-state index in [2.05, 4.69) is 15.8 Å². The predicted molar refractivity (Wildman–Crippen MR) is 121 cm³/mol. The van der Waals surface area contributed by atoms with E-state index in [1.54, 1.807) is 30.3 Å². The van der Waals surface area contributed by atoms with Crippen molar-refractivity contribution in [1.82, 2.24) is 5.43 Å². The van der Waals surface area contributed by atoms with Crippen LogP contribution in [0.15, 0.2) is 84.0 Å². The van der Waals surface area contributed by atoms with E-state index in [1.807, 2.05) is 69.3 Å². The molecule has 0 atom stereocenters. The summed E-state index contributed by atoms with van der Waals surface area (Å²) in [5.41, 5.74) is 7.03. The van der Waals surface area contributed by atoms with Gasteiger partial charge < -0.3 is 5.32 Å². The van der Waals surface area contributed by atoms with Gasteiger partial charge in [-0.2, -0.15) is 5.10 Å². The average Bonchev–Trinajstić information content (AvgIpc) is 2.75. The van der Waals surface area contributed by atoms with Crippen LogP contribution >= 0.6 is 0 Å². The lowest BCUT2D eigenvalue weighted by Crippen LogP contribution is -2.22. The summed E-state index contributed by atoms with van der Waals surface area (Å²) in [5, 5.41) is 7.19. The summed E-state index contributed by atoms with van der Waals surface area (Å²) in [7, 11) is 0. The third-order valence-corrected chi connectivity index (χ3v) is 4.69. The maximum atomic E-state index is 12.5. The van der Waals surface area contributed by atoms with Gasteiger partial charge in [-0.05, 0) is 54.3 Å². The van der Waals surface area contributed by atoms with Crippen molar-refractivity contribution in [3.8, 4) is 0 Å². The van der Waals surface area contributed by atoms with Gasteiger partial charge in [0.15, 0.2) is 0 Å². The number of hydrogen-bond donors (Lipinski definition) is 2. The Morgan fingerprint density at radius 2 is 1.40 bits per heavy atom. The van der Waals surface area contributed by atoms with Gasteiger partial charge in [0.05, 0.1) is 5.71 Å². The van der Waals surface area contributed by atoms with Crippen molar-refractivity contribution in [2.24, 2.45) is 11.0 Å². The van der Waals surface area contributed by atoms with Gasteiger partial charge in [-0.15, -0.1) is 0 Å². The molecule has 0 radical (unpaired) electrons. The number of nitrogens with zero attached hydrogens (tertiary/aromatic N) is 1. The molecule has 0 aliphatic carbocycles. The van der Waals surface area contributed by atoms with Gasteiger partial charge in [-0.3, -0.25) is 9.59 Å². The number of hydrogen-bond acceptors (Lipinski definition) is 3. The topological polar surface area (TPSA) is 70.6 Å². The predicted octanol–water partition coefficient (Wildman–Crippen LogP) is 5.04. The van der Waals surface area contributed by atoms with Crippen LogP contribution in [-0.4, -0.2) is 17.5 Å². The molecule has 0 spiro atoms. The normalized spacial score (nSPS) is 11.3. The first-order valence-electron chi connectivity index (χ1n) is 9.86. The molecule has 0 heterocycles. The van der Waals surface area contributed by atoms with Gasteiger partial charge in [0.25, 0.3) is 11.8 Å². The van der Waals surface area contributed by atoms with E-state index >= 15 is 0 Å². The fourth-order valence-electron chi connectivity index (χ4n) is 3.04. The van der Waals surface area contributed by atoms with Crippen LogP contribution in [0.25, 0.3) is 0 Å². The van der Waals surface area contributed by atoms with Crippen molar-refractivity contribution >= 4 is 23.2 Å². The zero-order valence-electron chi connectivity index (χ0n) is 17.3. The van der Waals surface area contributed by atoms with Crippen LogP contribution < -0.4 is 10.7 Å². The highest BCUT2D eigenvalue weighted by molar-refractivity contribution is 6.06. The first-order valence-corrected chi connectivity index (χ1v) is 9.86. The Kier molecular flexibility index (Phi) is 6.75. The number of rotatable bonds is 6. The van der Waals surface area contributed by atoms with E-state index in [0.29, 0.717) is 16.8 Å². The fraction of sp³-hybridized carbons (Fsp3) is 0.160. The molecule has 30 heavy (non-hydrogen) atoms. The SMILES string of the molecule is Cc1ccccc1C(=O)Nc1ccc(C(=O)N/N=C(/c2ccccc2)C(C)C)cc1. The zero-order chi connectivity index (χ0) is 21.5. The molecule has 5 nitrogen and oxygen atoms in total. The molecule has 0 aliphatic heterocycles. The molecule has 3 aromatic rings. The molecule has 0 aliphatic rings. The third kappa shape index (κ3) is 5.20. The number of carbonyl (C=O) groups is 2. The lowest BCUT2D eigenvalue weighted by Gasteiger charge is -2.11. The van der Waals surface area contributed by atoms with Gasteiger partial charge >= 0.3 is 0 Å². The lowest BCUT2D eigenvalue weighted by atomic mass is 10.0. The Bertz CT molecular complexity index is 1060. The van der Waals surface area contributed by atoms with Gasteiger partial charge in [-0.25, -0.2) is 5.43 Å². The van der Waals surface area contributed by atoms with Crippen molar-refractivity contribution in [2.45, 2.75) is 20.8 Å². The van der Waals surface area contributed by atoms with Crippen molar-refractivity contribution in [1.29, 1.82) is 0 Å². The summed E-state index contributed by atoms with van der Waals surface area (Å²) in [6.07, 6.45) is 0. The van der Waals surface area contributed by atoms with Gasteiger partial charge in [-0.1, -0.05) is 62.4 Å². The molecule has 2 N–H and O–H groups in total. The number of carbonyl (C=O) groups excluding carboxylic acids is 2. The molecule has 0 fully saturated rings. The molecule has 3 aromatic carbocycles. The van der Waals surface area contributed by atoms with Crippen molar-refractivity contribution < 1.29 is 9.59 Å². The fourth-order valence-corrected chi connectivity index (χ4v) is 3.04. The standard InChI is InChI=1S/C25H25N3O2/c1-17(2)23(19-10-5-4-6-11-19)27-28-24(29)20-13-15-21(16-14-20)26-25(30)22-12-8-7-9-18(22)3/h4-17H,1-3H3,(H,26,30)(H,28,29)/b27-23+.